The van der Waals surface area contributed by atoms with Crippen molar-refractivity contribution >= 4 is 11.3 Å². The molecule has 0 bridgehead atoms. The SMILES string of the molecule is Cc1csc(CN(CC(O)CO)C(C)C)n1. The maximum atomic E-state index is 9.45. The molecule has 0 saturated carbocycles. The number of hydrogen-bond donors (Lipinski definition) is 2. The Balaban J connectivity index is 2.57. The van der Waals surface area contributed by atoms with E-state index in [0.29, 0.717) is 12.6 Å². The minimum absolute atomic E-state index is 0.194. The van der Waals surface area contributed by atoms with Crippen molar-refractivity contribution in [3.63, 3.8) is 0 Å². The van der Waals surface area contributed by atoms with Crippen LogP contribution in [0.2, 0.25) is 0 Å². The van der Waals surface area contributed by atoms with E-state index >= 15 is 0 Å². The van der Waals surface area contributed by atoms with Crippen LogP contribution in [0.15, 0.2) is 5.38 Å². The van der Waals surface area contributed by atoms with Crippen LogP contribution in [0.4, 0.5) is 0 Å². The van der Waals surface area contributed by atoms with Crippen LogP contribution in [-0.4, -0.2) is 45.4 Å². The summed E-state index contributed by atoms with van der Waals surface area (Å²) >= 11 is 1.63. The zero-order chi connectivity index (χ0) is 12.1. The van der Waals surface area contributed by atoms with Gasteiger partial charge >= 0.3 is 0 Å². The Labute approximate surface area is 101 Å². The largest absolute Gasteiger partial charge is 0.394 e. The molecule has 0 aliphatic carbocycles. The molecule has 1 unspecified atom stereocenters. The third-order valence-electron chi connectivity index (χ3n) is 2.39. The monoisotopic (exact) mass is 244 g/mol. The van der Waals surface area contributed by atoms with Crippen molar-refractivity contribution in [1.82, 2.24) is 9.88 Å². The van der Waals surface area contributed by atoms with Gasteiger partial charge in [0.15, 0.2) is 0 Å². The van der Waals surface area contributed by atoms with E-state index in [4.69, 9.17) is 5.11 Å². The van der Waals surface area contributed by atoms with E-state index in [-0.39, 0.29) is 6.61 Å². The molecule has 1 heterocycles. The fraction of sp³-hybridized carbons (Fsp3) is 0.727. The van der Waals surface area contributed by atoms with E-state index in [9.17, 15) is 5.11 Å². The third-order valence-corrected chi connectivity index (χ3v) is 3.34. The van der Waals surface area contributed by atoms with Crippen molar-refractivity contribution in [3.05, 3.63) is 16.1 Å². The van der Waals surface area contributed by atoms with Crippen LogP contribution in [-0.2, 0) is 6.54 Å². The first-order valence-corrected chi connectivity index (χ1v) is 6.35. The van der Waals surface area contributed by atoms with Crippen LogP contribution in [0.25, 0.3) is 0 Å². The summed E-state index contributed by atoms with van der Waals surface area (Å²) in [7, 11) is 0. The van der Waals surface area contributed by atoms with Crippen molar-refractivity contribution in [3.8, 4) is 0 Å². The number of aliphatic hydroxyl groups is 2. The number of aliphatic hydroxyl groups excluding tert-OH is 2. The van der Waals surface area contributed by atoms with Gasteiger partial charge in [0.1, 0.15) is 5.01 Å². The molecule has 16 heavy (non-hydrogen) atoms. The summed E-state index contributed by atoms with van der Waals surface area (Å²) in [5.74, 6) is 0. The Morgan fingerprint density at radius 1 is 1.50 bits per heavy atom. The Morgan fingerprint density at radius 3 is 2.62 bits per heavy atom. The minimum Gasteiger partial charge on any atom is -0.394 e. The Kier molecular flexibility index (Phi) is 5.34. The fourth-order valence-corrected chi connectivity index (χ4v) is 2.23. The van der Waals surface area contributed by atoms with Crippen LogP contribution in [0.5, 0.6) is 0 Å². The predicted molar refractivity (Wildman–Crippen MR) is 65.5 cm³/mol. The summed E-state index contributed by atoms with van der Waals surface area (Å²) in [6, 6.07) is 0.324. The van der Waals surface area contributed by atoms with Crippen LogP contribution >= 0.6 is 11.3 Å². The van der Waals surface area contributed by atoms with E-state index < -0.39 is 6.10 Å². The molecule has 0 aromatic carbocycles. The molecule has 0 aliphatic heterocycles. The second-order valence-corrected chi connectivity index (χ2v) is 5.18. The molecule has 1 aromatic rings. The summed E-state index contributed by atoms with van der Waals surface area (Å²) in [5, 5.41) is 21.4. The number of rotatable bonds is 6. The van der Waals surface area contributed by atoms with Crippen LogP contribution in [0, 0.1) is 6.92 Å². The van der Waals surface area contributed by atoms with Gasteiger partial charge in [-0.1, -0.05) is 0 Å². The van der Waals surface area contributed by atoms with Crippen LogP contribution in [0.1, 0.15) is 24.5 Å². The molecule has 92 valence electrons. The quantitative estimate of drug-likeness (QED) is 0.784. The minimum atomic E-state index is -0.677. The van der Waals surface area contributed by atoms with Crippen molar-refractivity contribution in [2.45, 2.75) is 39.5 Å². The van der Waals surface area contributed by atoms with Gasteiger partial charge < -0.3 is 10.2 Å². The molecule has 1 rings (SSSR count). The van der Waals surface area contributed by atoms with E-state index in [1.54, 1.807) is 11.3 Å². The van der Waals surface area contributed by atoms with Crippen molar-refractivity contribution in [1.29, 1.82) is 0 Å². The maximum Gasteiger partial charge on any atom is 0.107 e. The summed E-state index contributed by atoms with van der Waals surface area (Å²) < 4.78 is 0. The topological polar surface area (TPSA) is 56.6 Å². The van der Waals surface area contributed by atoms with E-state index in [2.05, 4.69) is 23.7 Å². The highest BCUT2D eigenvalue weighted by molar-refractivity contribution is 7.09. The lowest BCUT2D eigenvalue weighted by Gasteiger charge is -2.27. The average molecular weight is 244 g/mol. The second-order valence-electron chi connectivity index (χ2n) is 4.24. The lowest BCUT2D eigenvalue weighted by Crippen LogP contribution is -2.38. The molecular weight excluding hydrogens is 224 g/mol. The molecule has 0 radical (unpaired) electrons. The van der Waals surface area contributed by atoms with E-state index in [0.717, 1.165) is 17.2 Å². The molecular formula is C11H20N2O2S. The van der Waals surface area contributed by atoms with Gasteiger partial charge in [-0.15, -0.1) is 11.3 Å². The number of aromatic nitrogens is 1. The second kappa shape index (κ2) is 6.30. The highest BCUT2D eigenvalue weighted by atomic mass is 32.1. The predicted octanol–water partition coefficient (Wildman–Crippen LogP) is 1.02. The van der Waals surface area contributed by atoms with Gasteiger partial charge in [-0.05, 0) is 20.8 Å². The zero-order valence-corrected chi connectivity index (χ0v) is 10.9. The molecule has 0 aliphatic rings. The summed E-state index contributed by atoms with van der Waals surface area (Å²) in [6.45, 7) is 7.14. The summed E-state index contributed by atoms with van der Waals surface area (Å²) in [5.41, 5.74) is 1.03. The number of aryl methyl sites for hydroxylation is 1. The zero-order valence-electron chi connectivity index (χ0n) is 10.1. The van der Waals surface area contributed by atoms with E-state index in [1.165, 1.54) is 0 Å². The Bertz CT molecular complexity index is 315. The van der Waals surface area contributed by atoms with Crippen molar-refractivity contribution in [2.24, 2.45) is 0 Å². The molecule has 0 saturated heterocycles. The van der Waals surface area contributed by atoms with Gasteiger partial charge in [-0.25, -0.2) is 4.98 Å². The Morgan fingerprint density at radius 2 is 2.19 bits per heavy atom. The fourth-order valence-electron chi connectivity index (χ4n) is 1.44. The standard InChI is InChI=1S/C11H20N2O2S/c1-8(2)13(4-10(15)6-14)5-11-12-9(3)7-16-11/h7-8,10,14-15H,4-6H2,1-3H3. The van der Waals surface area contributed by atoms with Gasteiger partial charge in [-0.3, -0.25) is 4.90 Å². The highest BCUT2D eigenvalue weighted by Crippen LogP contribution is 2.13. The molecule has 0 amide bonds. The van der Waals surface area contributed by atoms with Gasteiger partial charge in [-0.2, -0.15) is 0 Å². The van der Waals surface area contributed by atoms with Crippen molar-refractivity contribution < 1.29 is 10.2 Å². The number of thiazole rings is 1. The summed E-state index contributed by atoms with van der Waals surface area (Å²) in [4.78, 5) is 6.51. The normalized spacial score (nSPS) is 13.7. The molecule has 1 atom stereocenters. The summed E-state index contributed by atoms with van der Waals surface area (Å²) in [6.07, 6.45) is -0.677. The van der Waals surface area contributed by atoms with Gasteiger partial charge in [0, 0.05) is 23.7 Å². The molecule has 2 N–H and O–H groups in total. The molecule has 0 spiro atoms. The third kappa shape index (κ3) is 4.17. The molecule has 1 aromatic heterocycles. The van der Waals surface area contributed by atoms with Crippen LogP contribution < -0.4 is 0 Å². The lowest BCUT2D eigenvalue weighted by atomic mass is 10.2. The average Bonchev–Trinajstić information content (AvgIpc) is 2.62. The Hall–Kier alpha value is -0.490. The first-order valence-electron chi connectivity index (χ1n) is 5.47. The first-order chi connectivity index (χ1) is 7.52. The first kappa shape index (κ1) is 13.6. The van der Waals surface area contributed by atoms with Crippen LogP contribution in [0.3, 0.4) is 0 Å². The maximum absolute atomic E-state index is 9.45. The smallest absolute Gasteiger partial charge is 0.107 e. The molecule has 5 heteroatoms. The molecule has 4 nitrogen and oxygen atoms in total. The number of hydrogen-bond acceptors (Lipinski definition) is 5. The van der Waals surface area contributed by atoms with Gasteiger partial charge in [0.25, 0.3) is 0 Å². The number of nitrogens with zero attached hydrogens (tertiary/aromatic N) is 2. The van der Waals surface area contributed by atoms with Gasteiger partial charge in [0.05, 0.1) is 19.3 Å². The van der Waals surface area contributed by atoms with Crippen molar-refractivity contribution in [2.75, 3.05) is 13.2 Å². The van der Waals surface area contributed by atoms with E-state index in [1.807, 2.05) is 12.3 Å². The van der Waals surface area contributed by atoms with Gasteiger partial charge in [0.2, 0.25) is 0 Å². The lowest BCUT2D eigenvalue weighted by molar-refractivity contribution is 0.0464. The highest BCUT2D eigenvalue weighted by Gasteiger charge is 2.15. The molecule has 0 fully saturated rings.